The average molecular weight is 500 g/mol. The van der Waals surface area contributed by atoms with E-state index >= 15 is 0 Å². The lowest BCUT2D eigenvalue weighted by Gasteiger charge is -2.34. The lowest BCUT2D eigenvalue weighted by atomic mass is 9.75. The van der Waals surface area contributed by atoms with Gasteiger partial charge in [0.25, 0.3) is 0 Å². The van der Waals surface area contributed by atoms with E-state index in [0.717, 1.165) is 41.1 Å². The first-order chi connectivity index (χ1) is 16.9. The summed E-state index contributed by atoms with van der Waals surface area (Å²) in [4.78, 5) is 3.70. The van der Waals surface area contributed by atoms with Crippen molar-refractivity contribution in [1.29, 1.82) is 0 Å². The SMILES string of the molecule is Oc1ccc2c(c1)[C@H](c1ccc(SCCN3CCCC3)cc1)[C@H](c1ccc(C(F)(F)F)cc1)CO2. The molecule has 3 nitrogen and oxygen atoms in total. The van der Waals surface area contributed by atoms with Crippen molar-refractivity contribution in [2.45, 2.75) is 35.7 Å². The van der Waals surface area contributed by atoms with Crippen LogP contribution in [0.15, 0.2) is 71.6 Å². The predicted octanol–water partition coefficient (Wildman–Crippen LogP) is 6.91. The number of aromatic hydroxyl groups is 1. The number of nitrogens with zero attached hydrogens (tertiary/aromatic N) is 1. The topological polar surface area (TPSA) is 32.7 Å². The van der Waals surface area contributed by atoms with Crippen molar-refractivity contribution < 1.29 is 23.0 Å². The summed E-state index contributed by atoms with van der Waals surface area (Å²) in [6.45, 7) is 3.83. The number of likely N-dealkylation sites (tertiary alicyclic amines) is 1. The van der Waals surface area contributed by atoms with Crippen LogP contribution in [-0.4, -0.2) is 42.0 Å². The van der Waals surface area contributed by atoms with Crippen LogP contribution in [0, 0.1) is 0 Å². The molecule has 2 heterocycles. The van der Waals surface area contributed by atoms with Crippen molar-refractivity contribution in [3.63, 3.8) is 0 Å². The van der Waals surface area contributed by atoms with Gasteiger partial charge in [0.15, 0.2) is 0 Å². The molecule has 3 aromatic carbocycles. The van der Waals surface area contributed by atoms with E-state index in [9.17, 15) is 18.3 Å². The molecule has 35 heavy (non-hydrogen) atoms. The Balaban J connectivity index is 1.40. The molecule has 0 unspecified atom stereocenters. The van der Waals surface area contributed by atoms with E-state index in [4.69, 9.17) is 4.74 Å². The number of phenolic OH excluding ortho intramolecular Hbond substituents is 1. The van der Waals surface area contributed by atoms with Crippen LogP contribution in [0.4, 0.5) is 13.2 Å². The maximum Gasteiger partial charge on any atom is 0.416 e. The molecule has 1 saturated heterocycles. The lowest BCUT2D eigenvalue weighted by Crippen LogP contribution is -2.25. The van der Waals surface area contributed by atoms with Crippen molar-refractivity contribution in [3.05, 3.63) is 89.0 Å². The Morgan fingerprint density at radius 1 is 0.914 bits per heavy atom. The van der Waals surface area contributed by atoms with E-state index in [1.165, 1.54) is 30.8 Å². The second-order valence-corrected chi connectivity index (χ2v) is 10.4. The Morgan fingerprint density at radius 3 is 2.29 bits per heavy atom. The van der Waals surface area contributed by atoms with Crippen molar-refractivity contribution >= 4 is 11.8 Å². The van der Waals surface area contributed by atoms with E-state index in [0.29, 0.717) is 12.4 Å². The number of hydrogen-bond acceptors (Lipinski definition) is 4. The molecular weight excluding hydrogens is 471 g/mol. The maximum atomic E-state index is 13.1. The second kappa shape index (κ2) is 10.2. The molecule has 0 aromatic heterocycles. The highest BCUT2D eigenvalue weighted by molar-refractivity contribution is 7.99. The zero-order chi connectivity index (χ0) is 24.4. The molecule has 7 heteroatoms. The number of rotatable bonds is 6. The fraction of sp³-hybridized carbons (Fsp3) is 0.357. The molecule has 0 bridgehead atoms. The number of thioether (sulfide) groups is 1. The third-order valence-electron chi connectivity index (χ3n) is 6.93. The Kier molecular flexibility index (Phi) is 6.98. The number of benzene rings is 3. The van der Waals surface area contributed by atoms with Crippen LogP contribution in [0.5, 0.6) is 11.5 Å². The summed E-state index contributed by atoms with van der Waals surface area (Å²) in [6, 6.07) is 18.8. The third-order valence-corrected chi connectivity index (χ3v) is 7.92. The van der Waals surface area contributed by atoms with Crippen LogP contribution >= 0.6 is 11.8 Å². The Hall–Kier alpha value is -2.64. The van der Waals surface area contributed by atoms with Gasteiger partial charge in [-0.15, -0.1) is 11.8 Å². The number of ether oxygens (including phenoxy) is 1. The summed E-state index contributed by atoms with van der Waals surface area (Å²) in [7, 11) is 0. The summed E-state index contributed by atoms with van der Waals surface area (Å²) >= 11 is 1.84. The summed E-state index contributed by atoms with van der Waals surface area (Å²) in [6.07, 6.45) is -1.79. The first kappa shape index (κ1) is 24.1. The number of hydrogen-bond donors (Lipinski definition) is 1. The van der Waals surface area contributed by atoms with Crippen molar-refractivity contribution in [1.82, 2.24) is 4.90 Å². The van der Waals surface area contributed by atoms with Crippen molar-refractivity contribution in [2.75, 3.05) is 32.0 Å². The van der Waals surface area contributed by atoms with Gasteiger partial charge in [0.2, 0.25) is 0 Å². The first-order valence-electron chi connectivity index (χ1n) is 12.0. The van der Waals surface area contributed by atoms with Gasteiger partial charge >= 0.3 is 6.18 Å². The van der Waals surface area contributed by atoms with Gasteiger partial charge < -0.3 is 14.7 Å². The van der Waals surface area contributed by atoms with E-state index in [1.807, 2.05) is 11.8 Å². The molecule has 0 aliphatic carbocycles. The average Bonchev–Trinajstić information content (AvgIpc) is 3.37. The van der Waals surface area contributed by atoms with Gasteiger partial charge in [0.1, 0.15) is 11.5 Å². The smallest absolute Gasteiger partial charge is 0.416 e. The van der Waals surface area contributed by atoms with Gasteiger partial charge in [-0.3, -0.25) is 0 Å². The van der Waals surface area contributed by atoms with Crippen molar-refractivity contribution in [2.24, 2.45) is 0 Å². The van der Waals surface area contributed by atoms with Crippen LogP contribution < -0.4 is 4.74 Å². The highest BCUT2D eigenvalue weighted by atomic mass is 32.2. The van der Waals surface area contributed by atoms with Gasteiger partial charge in [-0.05, 0) is 79.5 Å². The number of alkyl halides is 3. The summed E-state index contributed by atoms with van der Waals surface area (Å²) in [5, 5.41) is 10.2. The van der Waals surface area contributed by atoms with Gasteiger partial charge in [0, 0.05) is 34.6 Å². The Labute approximate surface area is 207 Å². The van der Waals surface area contributed by atoms with Gasteiger partial charge in [-0.2, -0.15) is 13.2 Å². The Morgan fingerprint density at radius 2 is 1.60 bits per heavy atom. The Bertz CT molecular complexity index is 1140. The quantitative estimate of drug-likeness (QED) is 0.374. The van der Waals surface area contributed by atoms with E-state index < -0.39 is 11.7 Å². The van der Waals surface area contributed by atoms with Crippen LogP contribution in [-0.2, 0) is 6.18 Å². The number of halogens is 3. The zero-order valence-electron chi connectivity index (χ0n) is 19.3. The molecule has 0 amide bonds. The van der Waals surface area contributed by atoms with Crippen LogP contribution in [0.25, 0.3) is 0 Å². The van der Waals surface area contributed by atoms with Crippen LogP contribution in [0.1, 0.15) is 46.9 Å². The van der Waals surface area contributed by atoms with Gasteiger partial charge in [-0.1, -0.05) is 24.3 Å². The molecule has 2 aliphatic rings. The zero-order valence-corrected chi connectivity index (χ0v) is 20.1. The third kappa shape index (κ3) is 5.46. The minimum atomic E-state index is -4.37. The molecule has 0 spiro atoms. The van der Waals surface area contributed by atoms with Gasteiger partial charge in [-0.25, -0.2) is 0 Å². The highest BCUT2D eigenvalue weighted by Crippen LogP contribution is 2.47. The van der Waals surface area contributed by atoms with E-state index in [1.54, 1.807) is 30.3 Å². The maximum absolute atomic E-state index is 13.1. The molecule has 0 saturated carbocycles. The van der Waals surface area contributed by atoms with E-state index in [2.05, 4.69) is 29.2 Å². The molecule has 2 aliphatic heterocycles. The predicted molar refractivity (Wildman–Crippen MR) is 132 cm³/mol. The molecule has 5 rings (SSSR count). The molecule has 3 aromatic rings. The standard InChI is InChI=1S/C28H28F3NO2S/c29-28(30,31)21-7-3-19(4-8-21)25-18-34-26-12-9-22(33)17-24(26)27(25)20-5-10-23(11-6-20)35-16-15-32-13-1-2-14-32/h3-12,17,25,27,33H,1-2,13-16,18H2/t25-,27-/m0/s1. The summed E-state index contributed by atoms with van der Waals surface area (Å²) < 4.78 is 45.3. The van der Waals surface area contributed by atoms with Crippen molar-refractivity contribution in [3.8, 4) is 11.5 Å². The van der Waals surface area contributed by atoms with Crippen LogP contribution in [0.2, 0.25) is 0 Å². The molecule has 1 N–H and O–H groups in total. The fourth-order valence-corrected chi connectivity index (χ4v) is 6.01. The van der Waals surface area contributed by atoms with Crippen LogP contribution in [0.3, 0.4) is 0 Å². The number of phenols is 1. The number of fused-ring (bicyclic) bond motifs is 1. The minimum Gasteiger partial charge on any atom is -0.508 e. The first-order valence-corrected chi connectivity index (χ1v) is 12.9. The fourth-order valence-electron chi connectivity index (χ4n) is 5.09. The lowest BCUT2D eigenvalue weighted by molar-refractivity contribution is -0.137. The molecule has 2 atom stereocenters. The monoisotopic (exact) mass is 499 g/mol. The van der Waals surface area contributed by atoms with E-state index in [-0.39, 0.29) is 17.6 Å². The normalized spacial score (nSPS) is 20.4. The van der Waals surface area contributed by atoms with Gasteiger partial charge in [0.05, 0.1) is 12.2 Å². The molecule has 0 radical (unpaired) electrons. The molecular formula is C28H28F3NO2S. The summed E-state index contributed by atoms with van der Waals surface area (Å²) in [5.74, 6) is 1.55. The summed E-state index contributed by atoms with van der Waals surface area (Å²) in [5.41, 5.74) is 2.01. The second-order valence-electron chi connectivity index (χ2n) is 9.20. The largest absolute Gasteiger partial charge is 0.508 e. The molecule has 184 valence electrons. The minimum absolute atomic E-state index is 0.138. The molecule has 1 fully saturated rings. The highest BCUT2D eigenvalue weighted by Gasteiger charge is 2.35.